The lowest BCUT2D eigenvalue weighted by Gasteiger charge is -2.05. The summed E-state index contributed by atoms with van der Waals surface area (Å²) < 4.78 is 26.9. The minimum atomic E-state index is -3.67. The fourth-order valence-corrected chi connectivity index (χ4v) is 3.65. The van der Waals surface area contributed by atoms with Gasteiger partial charge in [-0.05, 0) is 41.1 Å². The van der Waals surface area contributed by atoms with Crippen LogP contribution in [0.2, 0.25) is 5.02 Å². The molecule has 0 atom stereocenters. The minimum Gasteiger partial charge on any atom is -0.253 e. The first kappa shape index (κ1) is 13.7. The van der Waals surface area contributed by atoms with Crippen LogP contribution in [-0.2, 0) is 10.0 Å². The van der Waals surface area contributed by atoms with Crippen molar-refractivity contribution in [1.29, 1.82) is 0 Å². The molecule has 1 aromatic carbocycles. The summed E-state index contributed by atoms with van der Waals surface area (Å²) >= 11 is 10.2. The highest BCUT2D eigenvalue weighted by molar-refractivity contribution is 9.10. The van der Waals surface area contributed by atoms with Crippen molar-refractivity contribution in [2.24, 2.45) is 0 Å². The molecule has 0 unspecified atom stereocenters. The second-order valence-electron chi connectivity index (χ2n) is 3.31. The van der Waals surface area contributed by atoms with Crippen molar-refractivity contribution >= 4 is 54.0 Å². The number of benzene rings is 1. The van der Waals surface area contributed by atoms with E-state index in [-0.39, 0.29) is 10.0 Å². The maximum atomic E-state index is 12.0. The molecule has 0 aliphatic rings. The Morgan fingerprint density at radius 1 is 1.39 bits per heavy atom. The largest absolute Gasteiger partial charge is 0.263 e. The van der Waals surface area contributed by atoms with Crippen molar-refractivity contribution in [2.45, 2.75) is 11.8 Å². The molecule has 1 aromatic heterocycles. The van der Waals surface area contributed by atoms with Gasteiger partial charge in [0.05, 0.1) is 9.92 Å². The van der Waals surface area contributed by atoms with Crippen molar-refractivity contribution in [2.75, 3.05) is 4.72 Å². The van der Waals surface area contributed by atoms with Gasteiger partial charge in [-0.25, -0.2) is 8.42 Å². The summed E-state index contributed by atoms with van der Waals surface area (Å²) in [4.78, 5) is 0.103. The Morgan fingerprint density at radius 3 is 2.67 bits per heavy atom. The van der Waals surface area contributed by atoms with Crippen molar-refractivity contribution in [3.05, 3.63) is 32.7 Å². The highest BCUT2D eigenvalue weighted by Crippen LogP contribution is 2.26. The molecule has 5 nitrogen and oxygen atoms in total. The van der Waals surface area contributed by atoms with E-state index in [2.05, 4.69) is 30.8 Å². The molecule has 2 aromatic rings. The highest BCUT2D eigenvalue weighted by atomic mass is 79.9. The Labute approximate surface area is 121 Å². The Morgan fingerprint density at radius 2 is 2.11 bits per heavy atom. The number of nitrogens with zero attached hydrogens (tertiary/aromatic N) is 2. The Balaban J connectivity index is 2.33. The van der Waals surface area contributed by atoms with Crippen LogP contribution in [0, 0.1) is 6.92 Å². The zero-order chi connectivity index (χ0) is 13.3. The molecule has 0 aliphatic carbocycles. The lowest BCUT2D eigenvalue weighted by atomic mass is 10.4. The van der Waals surface area contributed by atoms with E-state index in [0.29, 0.717) is 14.5 Å². The van der Waals surface area contributed by atoms with Gasteiger partial charge in [0, 0.05) is 4.47 Å². The Kier molecular flexibility index (Phi) is 3.90. The zero-order valence-corrected chi connectivity index (χ0v) is 13.0. The Bertz CT molecular complexity index is 687. The summed E-state index contributed by atoms with van der Waals surface area (Å²) in [6.07, 6.45) is 0. The summed E-state index contributed by atoms with van der Waals surface area (Å²) in [5, 5.41) is 8.81. The SMILES string of the molecule is Cc1nnc(NS(=O)(=O)c2ccc(Cl)c(Br)c2)s1. The Hall–Kier alpha value is -0.700. The quantitative estimate of drug-likeness (QED) is 0.903. The molecule has 0 radical (unpaired) electrons. The minimum absolute atomic E-state index is 0.103. The summed E-state index contributed by atoms with van der Waals surface area (Å²) in [7, 11) is -3.67. The van der Waals surface area contributed by atoms with Gasteiger partial charge in [-0.2, -0.15) is 0 Å². The standard InChI is InChI=1S/C9H7BrClN3O2S2/c1-5-12-13-9(17-5)14-18(15,16)6-2-3-8(11)7(10)4-6/h2-4H,1H3,(H,13,14). The van der Waals surface area contributed by atoms with Crippen LogP contribution < -0.4 is 4.72 Å². The molecule has 1 N–H and O–H groups in total. The predicted molar refractivity (Wildman–Crippen MR) is 74.6 cm³/mol. The van der Waals surface area contributed by atoms with Crippen LogP contribution in [0.1, 0.15) is 5.01 Å². The fourth-order valence-electron chi connectivity index (χ4n) is 1.16. The molecule has 0 bridgehead atoms. The highest BCUT2D eigenvalue weighted by Gasteiger charge is 2.17. The van der Waals surface area contributed by atoms with E-state index >= 15 is 0 Å². The van der Waals surface area contributed by atoms with Gasteiger partial charge < -0.3 is 0 Å². The predicted octanol–water partition coefficient (Wildman–Crippen LogP) is 3.06. The summed E-state index contributed by atoms with van der Waals surface area (Å²) in [5.41, 5.74) is 0. The monoisotopic (exact) mass is 367 g/mol. The molecule has 0 aliphatic heterocycles. The number of rotatable bonds is 3. The number of aryl methyl sites for hydroxylation is 1. The summed E-state index contributed by atoms with van der Waals surface area (Å²) in [6, 6.07) is 4.35. The van der Waals surface area contributed by atoms with Gasteiger partial charge in [0.25, 0.3) is 10.0 Å². The molecular weight excluding hydrogens is 362 g/mol. The van der Waals surface area contributed by atoms with Crippen LogP contribution >= 0.6 is 38.9 Å². The zero-order valence-electron chi connectivity index (χ0n) is 9.02. The number of hydrogen-bond acceptors (Lipinski definition) is 5. The van der Waals surface area contributed by atoms with Crippen LogP contribution in [0.5, 0.6) is 0 Å². The van der Waals surface area contributed by atoms with Gasteiger partial charge in [-0.1, -0.05) is 22.9 Å². The number of anilines is 1. The molecule has 9 heteroatoms. The first-order valence-electron chi connectivity index (χ1n) is 4.66. The number of hydrogen-bond donors (Lipinski definition) is 1. The first-order chi connectivity index (χ1) is 8.38. The molecule has 0 amide bonds. The number of aromatic nitrogens is 2. The molecule has 0 saturated heterocycles. The van der Waals surface area contributed by atoms with Gasteiger partial charge in [-0.3, -0.25) is 4.72 Å². The van der Waals surface area contributed by atoms with Crippen molar-refractivity contribution < 1.29 is 8.42 Å². The van der Waals surface area contributed by atoms with Crippen LogP contribution in [-0.4, -0.2) is 18.6 Å². The first-order valence-corrected chi connectivity index (χ1v) is 8.13. The topological polar surface area (TPSA) is 72.0 Å². The average molecular weight is 369 g/mol. The normalized spacial score (nSPS) is 11.5. The summed E-state index contributed by atoms with van der Waals surface area (Å²) in [5.74, 6) is 0. The molecule has 0 fully saturated rings. The van der Waals surface area contributed by atoms with E-state index < -0.39 is 10.0 Å². The lowest BCUT2D eigenvalue weighted by molar-refractivity contribution is 0.601. The second-order valence-corrected chi connectivity index (χ2v) is 7.43. The van der Waals surface area contributed by atoms with Crippen molar-refractivity contribution in [3.63, 3.8) is 0 Å². The fraction of sp³-hybridized carbons (Fsp3) is 0.111. The lowest BCUT2D eigenvalue weighted by Crippen LogP contribution is -2.12. The molecule has 18 heavy (non-hydrogen) atoms. The third-order valence-electron chi connectivity index (χ3n) is 1.95. The van der Waals surface area contributed by atoms with Gasteiger partial charge in [0.1, 0.15) is 5.01 Å². The van der Waals surface area contributed by atoms with E-state index in [1.54, 1.807) is 6.92 Å². The maximum Gasteiger partial charge on any atom is 0.263 e. The van der Waals surface area contributed by atoms with Crippen LogP contribution in [0.3, 0.4) is 0 Å². The second kappa shape index (κ2) is 5.12. The van der Waals surface area contributed by atoms with Gasteiger partial charge in [0.15, 0.2) is 0 Å². The summed E-state index contributed by atoms with van der Waals surface area (Å²) in [6.45, 7) is 1.74. The third kappa shape index (κ3) is 3.00. The smallest absolute Gasteiger partial charge is 0.253 e. The van der Waals surface area contributed by atoms with Gasteiger partial charge in [-0.15, -0.1) is 10.2 Å². The van der Waals surface area contributed by atoms with E-state index in [0.717, 1.165) is 0 Å². The molecular formula is C9H7BrClN3O2S2. The van der Waals surface area contributed by atoms with E-state index in [1.807, 2.05) is 0 Å². The molecule has 0 saturated carbocycles. The van der Waals surface area contributed by atoms with E-state index in [1.165, 1.54) is 29.5 Å². The maximum absolute atomic E-state index is 12.0. The van der Waals surface area contributed by atoms with Crippen LogP contribution in [0.15, 0.2) is 27.6 Å². The van der Waals surface area contributed by atoms with Crippen LogP contribution in [0.4, 0.5) is 5.13 Å². The van der Waals surface area contributed by atoms with Crippen molar-refractivity contribution in [1.82, 2.24) is 10.2 Å². The van der Waals surface area contributed by atoms with E-state index in [9.17, 15) is 8.42 Å². The van der Waals surface area contributed by atoms with Gasteiger partial charge in [0.2, 0.25) is 5.13 Å². The number of sulfonamides is 1. The van der Waals surface area contributed by atoms with Gasteiger partial charge >= 0.3 is 0 Å². The molecule has 2 rings (SSSR count). The molecule has 0 spiro atoms. The van der Waals surface area contributed by atoms with E-state index in [4.69, 9.17) is 11.6 Å². The number of halogens is 2. The van der Waals surface area contributed by atoms with Crippen LogP contribution in [0.25, 0.3) is 0 Å². The number of nitrogens with one attached hydrogen (secondary N) is 1. The average Bonchev–Trinajstić information content (AvgIpc) is 2.67. The third-order valence-corrected chi connectivity index (χ3v) is 5.38. The molecule has 96 valence electrons. The van der Waals surface area contributed by atoms with Crippen molar-refractivity contribution in [3.8, 4) is 0 Å². The molecule has 1 heterocycles.